The van der Waals surface area contributed by atoms with Crippen molar-refractivity contribution < 1.29 is 14.7 Å². The molecule has 1 N–H and O–H groups in total. The highest BCUT2D eigenvalue weighted by Crippen LogP contribution is 2.66. The average Bonchev–Trinajstić information content (AvgIpc) is 2.99. The van der Waals surface area contributed by atoms with Gasteiger partial charge in [0, 0.05) is 6.92 Å². The number of fused-ring (bicyclic) bond motifs is 5. The van der Waals surface area contributed by atoms with Crippen LogP contribution in [0.2, 0.25) is 0 Å². The smallest absolute Gasteiger partial charge is 0.222 e. The summed E-state index contributed by atoms with van der Waals surface area (Å²) < 4.78 is 5.85. The molecule has 4 aliphatic rings. The lowest BCUT2D eigenvalue weighted by atomic mass is 9.44. The molecule has 7 atom stereocenters. The highest BCUT2D eigenvalue weighted by atomic mass is 16.5. The molecule has 0 radical (unpaired) electrons. The van der Waals surface area contributed by atoms with Gasteiger partial charge in [-0.1, -0.05) is 25.1 Å². The molecule has 0 aromatic carbocycles. The predicted molar refractivity (Wildman–Crippen MR) is 106 cm³/mol. The first kappa shape index (κ1) is 19.0. The maximum Gasteiger partial charge on any atom is 0.222 e. The van der Waals surface area contributed by atoms with Crippen LogP contribution in [-0.4, -0.2) is 23.0 Å². The number of allylic oxidation sites excluding steroid dienone is 2. The molecule has 4 heteroatoms. The van der Waals surface area contributed by atoms with Gasteiger partial charge in [-0.2, -0.15) is 0 Å². The quantitative estimate of drug-likeness (QED) is 0.307. The molecule has 3 fully saturated rings. The van der Waals surface area contributed by atoms with Crippen LogP contribution < -0.4 is 0 Å². The molecule has 0 aromatic rings. The van der Waals surface area contributed by atoms with E-state index in [-0.39, 0.29) is 17.3 Å². The first-order valence-corrected chi connectivity index (χ1v) is 10.9. The van der Waals surface area contributed by atoms with Crippen LogP contribution in [0.15, 0.2) is 16.8 Å². The van der Waals surface area contributed by atoms with Crippen molar-refractivity contribution in [3.63, 3.8) is 0 Å². The second-order valence-electron chi connectivity index (χ2n) is 10.2. The SMILES string of the molecule is CC(=O)C1=CC[C@H]2[C@@H]3CC[C@H]4C[C@@H](OC(C)=NO)CC[C@]4(C)[C@H]3CC[C@]12C. The van der Waals surface area contributed by atoms with Crippen LogP contribution in [0, 0.1) is 34.5 Å². The summed E-state index contributed by atoms with van der Waals surface area (Å²) in [6, 6.07) is 0. The van der Waals surface area contributed by atoms with Gasteiger partial charge in [0.25, 0.3) is 0 Å². The van der Waals surface area contributed by atoms with Gasteiger partial charge in [0.05, 0.1) is 0 Å². The molecule has 0 aliphatic heterocycles. The Hall–Kier alpha value is -1.32. The lowest BCUT2D eigenvalue weighted by Crippen LogP contribution is -2.54. The number of ketones is 1. The Kier molecular flexibility index (Phi) is 4.67. The van der Waals surface area contributed by atoms with E-state index in [2.05, 4.69) is 25.1 Å². The van der Waals surface area contributed by atoms with Gasteiger partial charge in [0.1, 0.15) is 6.10 Å². The number of Topliss-reactive ketones (excluding diaryl/α,β-unsaturated/α-hetero) is 1. The summed E-state index contributed by atoms with van der Waals surface area (Å²) in [6.07, 6.45) is 11.9. The third kappa shape index (κ3) is 2.86. The van der Waals surface area contributed by atoms with E-state index in [9.17, 15) is 4.79 Å². The van der Waals surface area contributed by atoms with Crippen LogP contribution >= 0.6 is 0 Å². The molecule has 4 rings (SSSR count). The van der Waals surface area contributed by atoms with Gasteiger partial charge in [-0.05, 0) is 98.4 Å². The van der Waals surface area contributed by atoms with Crippen molar-refractivity contribution in [2.24, 2.45) is 39.7 Å². The fraction of sp³-hybridized carbons (Fsp3) is 0.826. The number of oxime groups is 1. The van der Waals surface area contributed by atoms with Gasteiger partial charge in [0.2, 0.25) is 5.90 Å². The van der Waals surface area contributed by atoms with E-state index in [0.717, 1.165) is 36.7 Å². The zero-order valence-electron chi connectivity index (χ0n) is 17.3. The van der Waals surface area contributed by atoms with Crippen LogP contribution in [0.4, 0.5) is 0 Å². The highest BCUT2D eigenvalue weighted by molar-refractivity contribution is 5.95. The first-order chi connectivity index (χ1) is 12.8. The van der Waals surface area contributed by atoms with Crippen LogP contribution in [0.25, 0.3) is 0 Å². The van der Waals surface area contributed by atoms with E-state index in [0.29, 0.717) is 23.1 Å². The highest BCUT2D eigenvalue weighted by Gasteiger charge is 2.59. The Morgan fingerprint density at radius 2 is 1.93 bits per heavy atom. The molecule has 150 valence electrons. The van der Waals surface area contributed by atoms with Crippen molar-refractivity contribution in [2.75, 3.05) is 0 Å². The monoisotopic (exact) mass is 373 g/mol. The molecule has 0 bridgehead atoms. The average molecular weight is 374 g/mol. The zero-order chi connectivity index (χ0) is 19.4. The van der Waals surface area contributed by atoms with E-state index < -0.39 is 0 Å². The maximum absolute atomic E-state index is 12.2. The fourth-order valence-corrected chi connectivity index (χ4v) is 7.70. The molecule has 0 aromatic heterocycles. The van der Waals surface area contributed by atoms with E-state index >= 15 is 0 Å². The Labute approximate surface area is 163 Å². The number of hydrogen-bond donors (Lipinski definition) is 1. The van der Waals surface area contributed by atoms with Gasteiger partial charge in [-0.15, -0.1) is 0 Å². The van der Waals surface area contributed by atoms with E-state index in [4.69, 9.17) is 9.94 Å². The fourth-order valence-electron chi connectivity index (χ4n) is 7.70. The van der Waals surface area contributed by atoms with Crippen molar-refractivity contribution in [2.45, 2.75) is 85.2 Å². The molecule has 0 amide bonds. The summed E-state index contributed by atoms with van der Waals surface area (Å²) in [4.78, 5) is 12.2. The van der Waals surface area contributed by atoms with Crippen molar-refractivity contribution in [3.8, 4) is 0 Å². The number of rotatable bonds is 2. The molecule has 27 heavy (non-hydrogen) atoms. The Morgan fingerprint density at radius 3 is 2.63 bits per heavy atom. The van der Waals surface area contributed by atoms with Crippen molar-refractivity contribution in [1.82, 2.24) is 0 Å². The number of nitrogens with zero attached hydrogens (tertiary/aromatic N) is 1. The van der Waals surface area contributed by atoms with E-state index in [1.165, 1.54) is 32.1 Å². The Bertz CT molecular complexity index is 683. The molecule has 0 spiro atoms. The standard InChI is InChI=1S/C23H35NO3/c1-14(25)19-7-8-20-18-6-5-16-13-17(27-15(2)24-26)9-11-22(16,3)21(18)10-12-23(19,20)4/h7,16-18,20-21,26H,5-6,8-13H2,1-4H3/t16-,17-,18-,20-,21-,22-,23+/m0/s1. The lowest BCUT2D eigenvalue weighted by Gasteiger charge is -2.60. The van der Waals surface area contributed by atoms with Crippen molar-refractivity contribution in [1.29, 1.82) is 0 Å². The van der Waals surface area contributed by atoms with Gasteiger partial charge in [-0.25, -0.2) is 0 Å². The third-order valence-electron chi connectivity index (χ3n) is 9.06. The normalized spacial score (nSPS) is 46.7. The van der Waals surface area contributed by atoms with E-state index in [1.54, 1.807) is 13.8 Å². The second kappa shape index (κ2) is 6.63. The molecular weight excluding hydrogens is 338 g/mol. The summed E-state index contributed by atoms with van der Waals surface area (Å²) in [5.74, 6) is 3.58. The molecule has 4 aliphatic carbocycles. The second-order valence-corrected chi connectivity index (χ2v) is 10.2. The maximum atomic E-state index is 12.2. The number of ether oxygens (including phenoxy) is 1. The number of carbonyl (C=O) groups is 1. The molecule has 0 saturated heterocycles. The Balaban J connectivity index is 1.52. The van der Waals surface area contributed by atoms with Crippen LogP contribution in [0.1, 0.15) is 79.1 Å². The summed E-state index contributed by atoms with van der Waals surface area (Å²) in [6.45, 7) is 8.38. The van der Waals surface area contributed by atoms with Crippen LogP contribution in [-0.2, 0) is 9.53 Å². The van der Waals surface area contributed by atoms with Crippen LogP contribution in [0.5, 0.6) is 0 Å². The topological polar surface area (TPSA) is 58.9 Å². The summed E-state index contributed by atoms with van der Waals surface area (Å²) in [5.41, 5.74) is 1.63. The summed E-state index contributed by atoms with van der Waals surface area (Å²) in [7, 11) is 0. The Morgan fingerprint density at radius 1 is 1.15 bits per heavy atom. The van der Waals surface area contributed by atoms with Crippen LogP contribution in [0.3, 0.4) is 0 Å². The van der Waals surface area contributed by atoms with Gasteiger partial charge < -0.3 is 9.94 Å². The molecular formula is C23H35NO3. The minimum absolute atomic E-state index is 0.116. The van der Waals surface area contributed by atoms with Crippen molar-refractivity contribution >= 4 is 11.7 Å². The zero-order valence-corrected chi connectivity index (χ0v) is 17.3. The minimum Gasteiger partial charge on any atom is -0.476 e. The van der Waals surface area contributed by atoms with Crippen molar-refractivity contribution in [3.05, 3.63) is 11.6 Å². The van der Waals surface area contributed by atoms with Gasteiger partial charge in [-0.3, -0.25) is 4.79 Å². The van der Waals surface area contributed by atoms with Gasteiger partial charge >= 0.3 is 0 Å². The van der Waals surface area contributed by atoms with E-state index in [1.807, 2.05) is 0 Å². The lowest BCUT2D eigenvalue weighted by molar-refractivity contribution is -0.123. The molecule has 4 nitrogen and oxygen atoms in total. The van der Waals surface area contributed by atoms with Gasteiger partial charge in [0.15, 0.2) is 5.78 Å². The summed E-state index contributed by atoms with van der Waals surface area (Å²) >= 11 is 0. The number of carbonyl (C=O) groups excluding carboxylic acids is 1. The number of hydrogen-bond acceptors (Lipinski definition) is 4. The largest absolute Gasteiger partial charge is 0.476 e. The molecule has 0 unspecified atom stereocenters. The first-order valence-electron chi connectivity index (χ1n) is 10.9. The minimum atomic E-state index is 0.116. The third-order valence-corrected chi connectivity index (χ3v) is 9.06. The predicted octanol–water partition coefficient (Wildman–Crippen LogP) is 5.35. The molecule has 0 heterocycles. The summed E-state index contributed by atoms with van der Waals surface area (Å²) in [5, 5.41) is 12.1. The molecule has 3 saturated carbocycles.